The number of nitrogens with zero attached hydrogens (tertiary/aromatic N) is 5. The number of nitriles is 1. The smallest absolute Gasteiger partial charge is 0.223 e. The van der Waals surface area contributed by atoms with Crippen molar-refractivity contribution in [2.45, 2.75) is 32.4 Å². The Labute approximate surface area is 129 Å². The summed E-state index contributed by atoms with van der Waals surface area (Å²) in [5.74, 6) is 1.32. The van der Waals surface area contributed by atoms with Gasteiger partial charge in [-0.05, 0) is 25.5 Å². The van der Waals surface area contributed by atoms with E-state index < -0.39 is 0 Å². The summed E-state index contributed by atoms with van der Waals surface area (Å²) in [5, 5.41) is 16.5. The Hall–Kier alpha value is -2.46. The Morgan fingerprint density at radius 2 is 2.45 bits per heavy atom. The van der Waals surface area contributed by atoms with E-state index in [0.29, 0.717) is 24.0 Å². The number of nitrogens with one attached hydrogen (secondary N) is 1. The minimum atomic E-state index is 0.302. The molecule has 3 heterocycles. The highest BCUT2D eigenvalue weighted by Gasteiger charge is 2.21. The number of aryl methyl sites for hydroxylation is 1. The van der Waals surface area contributed by atoms with E-state index in [1.807, 2.05) is 6.07 Å². The molecule has 1 unspecified atom stereocenters. The first-order valence-electron chi connectivity index (χ1n) is 7.37. The van der Waals surface area contributed by atoms with Crippen LogP contribution in [0.3, 0.4) is 0 Å². The maximum atomic E-state index is 9.13. The third kappa shape index (κ3) is 3.40. The summed E-state index contributed by atoms with van der Waals surface area (Å²) in [6.45, 7) is 4.40. The predicted molar refractivity (Wildman–Crippen MR) is 79.9 cm³/mol. The van der Waals surface area contributed by atoms with Gasteiger partial charge in [0.1, 0.15) is 6.07 Å². The van der Waals surface area contributed by atoms with E-state index in [1.54, 1.807) is 19.3 Å². The molecule has 1 aliphatic rings. The molecule has 1 fully saturated rings. The summed E-state index contributed by atoms with van der Waals surface area (Å²) in [7, 11) is 0. The Balaban J connectivity index is 1.62. The Kier molecular flexibility index (Phi) is 4.30. The highest BCUT2D eigenvalue weighted by atomic mass is 16.5. The minimum absolute atomic E-state index is 0.302. The Morgan fingerprint density at radius 1 is 1.55 bits per heavy atom. The van der Waals surface area contributed by atoms with Crippen molar-refractivity contribution in [3.05, 3.63) is 35.7 Å². The molecule has 1 atom stereocenters. The van der Waals surface area contributed by atoms with Crippen LogP contribution in [-0.2, 0) is 6.54 Å². The maximum absolute atomic E-state index is 9.13. The first kappa shape index (κ1) is 14.5. The molecule has 7 heteroatoms. The quantitative estimate of drug-likeness (QED) is 0.918. The van der Waals surface area contributed by atoms with Gasteiger partial charge in [-0.1, -0.05) is 5.16 Å². The van der Waals surface area contributed by atoms with Crippen molar-refractivity contribution in [1.29, 1.82) is 5.26 Å². The van der Waals surface area contributed by atoms with Crippen LogP contribution in [0.25, 0.3) is 0 Å². The number of anilines is 1. The van der Waals surface area contributed by atoms with Gasteiger partial charge >= 0.3 is 0 Å². The van der Waals surface area contributed by atoms with E-state index in [2.05, 4.69) is 31.4 Å². The van der Waals surface area contributed by atoms with Gasteiger partial charge in [-0.3, -0.25) is 9.88 Å². The second-order valence-corrected chi connectivity index (χ2v) is 5.48. The molecule has 2 aromatic heterocycles. The molecule has 0 amide bonds. The first-order chi connectivity index (χ1) is 10.7. The fourth-order valence-electron chi connectivity index (χ4n) is 2.75. The number of piperidine rings is 1. The predicted octanol–water partition coefficient (Wildman–Crippen LogP) is 1.72. The van der Waals surface area contributed by atoms with Crippen LogP contribution < -0.4 is 5.32 Å². The van der Waals surface area contributed by atoms with Gasteiger partial charge < -0.3 is 9.84 Å². The van der Waals surface area contributed by atoms with Gasteiger partial charge in [0, 0.05) is 31.9 Å². The molecule has 0 saturated carbocycles. The van der Waals surface area contributed by atoms with Crippen LogP contribution in [0.4, 0.5) is 5.69 Å². The van der Waals surface area contributed by atoms with E-state index in [-0.39, 0.29) is 0 Å². The van der Waals surface area contributed by atoms with E-state index in [9.17, 15) is 0 Å². The summed E-state index contributed by atoms with van der Waals surface area (Å²) >= 11 is 0. The second kappa shape index (κ2) is 6.54. The number of aromatic nitrogens is 3. The van der Waals surface area contributed by atoms with Gasteiger partial charge in [-0.25, -0.2) is 0 Å². The van der Waals surface area contributed by atoms with Gasteiger partial charge in [-0.15, -0.1) is 0 Å². The lowest BCUT2D eigenvalue weighted by Crippen LogP contribution is -2.41. The molecule has 3 rings (SSSR count). The Morgan fingerprint density at radius 3 is 3.23 bits per heavy atom. The fraction of sp³-hybridized carbons (Fsp3) is 0.467. The highest BCUT2D eigenvalue weighted by molar-refractivity contribution is 5.56. The number of likely N-dealkylation sites (tertiary alicyclic amines) is 1. The zero-order chi connectivity index (χ0) is 15.4. The maximum Gasteiger partial charge on any atom is 0.223 e. The van der Waals surface area contributed by atoms with Gasteiger partial charge in [0.2, 0.25) is 5.89 Å². The van der Waals surface area contributed by atoms with Gasteiger partial charge in [-0.2, -0.15) is 10.2 Å². The summed E-state index contributed by atoms with van der Waals surface area (Å²) in [6.07, 6.45) is 5.47. The summed E-state index contributed by atoms with van der Waals surface area (Å²) < 4.78 is 5.01. The SMILES string of the molecule is Cc1nc(CN2CCCC(Nc3ccncc3C#N)C2)no1. The van der Waals surface area contributed by atoms with Crippen LogP contribution in [0.15, 0.2) is 23.0 Å². The molecule has 0 bridgehead atoms. The molecule has 0 aliphatic carbocycles. The third-order valence-electron chi connectivity index (χ3n) is 3.74. The zero-order valence-corrected chi connectivity index (χ0v) is 12.5. The molecule has 1 aliphatic heterocycles. The van der Waals surface area contributed by atoms with Crippen molar-refractivity contribution >= 4 is 5.69 Å². The third-order valence-corrected chi connectivity index (χ3v) is 3.74. The molecule has 0 spiro atoms. The molecule has 0 aromatic carbocycles. The van der Waals surface area contributed by atoms with Gasteiger partial charge in [0.15, 0.2) is 5.82 Å². The lowest BCUT2D eigenvalue weighted by atomic mass is 10.0. The molecule has 114 valence electrons. The Bertz CT molecular complexity index is 677. The minimum Gasteiger partial charge on any atom is -0.380 e. The topological polar surface area (TPSA) is 90.9 Å². The van der Waals surface area contributed by atoms with E-state index in [0.717, 1.165) is 37.4 Å². The fourth-order valence-corrected chi connectivity index (χ4v) is 2.75. The average Bonchev–Trinajstić information content (AvgIpc) is 2.93. The number of hydrogen-bond donors (Lipinski definition) is 1. The molecule has 1 saturated heterocycles. The number of hydrogen-bond acceptors (Lipinski definition) is 7. The van der Waals surface area contributed by atoms with Crippen LogP contribution in [0, 0.1) is 18.3 Å². The molecular weight excluding hydrogens is 280 g/mol. The first-order valence-corrected chi connectivity index (χ1v) is 7.37. The standard InChI is InChI=1S/C15H18N6O/c1-11-18-15(20-22-11)10-21-6-2-3-13(9-21)19-14-4-5-17-8-12(14)7-16/h4-5,8,13H,2-3,6,9-10H2,1H3,(H,17,19). The van der Waals surface area contributed by atoms with Crippen molar-refractivity contribution in [3.63, 3.8) is 0 Å². The highest BCUT2D eigenvalue weighted by Crippen LogP contribution is 2.19. The number of pyridine rings is 1. The van der Waals surface area contributed by atoms with Crippen LogP contribution in [-0.4, -0.2) is 39.2 Å². The van der Waals surface area contributed by atoms with Crippen LogP contribution in [0.2, 0.25) is 0 Å². The molecule has 2 aromatic rings. The van der Waals surface area contributed by atoms with Crippen LogP contribution >= 0.6 is 0 Å². The van der Waals surface area contributed by atoms with Crippen molar-refractivity contribution in [3.8, 4) is 6.07 Å². The van der Waals surface area contributed by atoms with E-state index in [4.69, 9.17) is 9.78 Å². The van der Waals surface area contributed by atoms with Crippen LogP contribution in [0.5, 0.6) is 0 Å². The van der Waals surface area contributed by atoms with Gasteiger partial charge in [0.25, 0.3) is 0 Å². The second-order valence-electron chi connectivity index (χ2n) is 5.48. The van der Waals surface area contributed by atoms with Gasteiger partial charge in [0.05, 0.1) is 17.8 Å². The lowest BCUT2D eigenvalue weighted by molar-refractivity contribution is 0.201. The summed E-state index contributed by atoms with van der Waals surface area (Å²) in [4.78, 5) is 10.5. The molecule has 0 radical (unpaired) electrons. The van der Waals surface area contributed by atoms with E-state index in [1.165, 1.54) is 0 Å². The lowest BCUT2D eigenvalue weighted by Gasteiger charge is -2.33. The molecule has 1 N–H and O–H groups in total. The average molecular weight is 298 g/mol. The van der Waals surface area contributed by atoms with Crippen molar-refractivity contribution < 1.29 is 4.52 Å². The molecule has 22 heavy (non-hydrogen) atoms. The van der Waals surface area contributed by atoms with Crippen molar-refractivity contribution in [2.24, 2.45) is 0 Å². The largest absolute Gasteiger partial charge is 0.380 e. The van der Waals surface area contributed by atoms with Crippen LogP contribution in [0.1, 0.15) is 30.1 Å². The van der Waals surface area contributed by atoms with Crippen molar-refractivity contribution in [1.82, 2.24) is 20.0 Å². The molecular formula is C15H18N6O. The zero-order valence-electron chi connectivity index (χ0n) is 12.5. The summed E-state index contributed by atoms with van der Waals surface area (Å²) in [5.41, 5.74) is 1.42. The molecule has 7 nitrogen and oxygen atoms in total. The summed E-state index contributed by atoms with van der Waals surface area (Å²) in [6, 6.07) is 4.32. The van der Waals surface area contributed by atoms with E-state index >= 15 is 0 Å². The monoisotopic (exact) mass is 298 g/mol. The number of rotatable bonds is 4. The normalized spacial score (nSPS) is 18.8. The van der Waals surface area contributed by atoms with Crippen molar-refractivity contribution in [2.75, 3.05) is 18.4 Å².